The number of alkyl halides is 3. The predicted molar refractivity (Wildman–Crippen MR) is 127 cm³/mol. The quantitative estimate of drug-likeness (QED) is 0.162. The van der Waals surface area contributed by atoms with Crippen molar-refractivity contribution in [2.24, 2.45) is 0 Å². The van der Waals surface area contributed by atoms with Crippen molar-refractivity contribution < 1.29 is 52.9 Å². The van der Waals surface area contributed by atoms with Gasteiger partial charge in [0, 0.05) is 18.2 Å². The molecule has 0 atom stereocenters. The van der Waals surface area contributed by atoms with Gasteiger partial charge in [0.1, 0.15) is 29.1 Å². The van der Waals surface area contributed by atoms with E-state index in [0.29, 0.717) is 24.1 Å². The standard InChI is InChI=1S/C23H20F6N4O6S/c1-22(2,3)38-21(34)32-6-7-33-13(10-32)9-16(31-33)18-14(8-12(25)4-5-24)17-15(26)11-37-19(17)20(30-18)39-40(35,36)23(27,28)29/h4-5,8-9,11H,6-7,10H2,1-3H3/b5-4+,12-8?. The molecule has 1 aliphatic rings. The Labute approximate surface area is 222 Å². The van der Waals surface area contributed by atoms with E-state index >= 15 is 0 Å². The maximum Gasteiger partial charge on any atom is 0.534 e. The summed E-state index contributed by atoms with van der Waals surface area (Å²) in [7, 11) is -6.29. The van der Waals surface area contributed by atoms with Crippen LogP contribution in [0.2, 0.25) is 0 Å². The molecule has 1 amide bonds. The second-order valence-corrected chi connectivity index (χ2v) is 11.0. The minimum atomic E-state index is -6.29. The Morgan fingerprint density at radius 3 is 2.52 bits per heavy atom. The van der Waals surface area contributed by atoms with E-state index in [2.05, 4.69) is 14.3 Å². The summed E-state index contributed by atoms with van der Waals surface area (Å²) < 4.78 is 120. The average molecular weight is 594 g/mol. The number of furan rings is 1. The van der Waals surface area contributed by atoms with Crippen LogP contribution in [-0.2, 0) is 27.9 Å². The van der Waals surface area contributed by atoms with Gasteiger partial charge in [-0.3, -0.25) is 4.68 Å². The predicted octanol–water partition coefficient (Wildman–Crippen LogP) is 5.60. The highest BCUT2D eigenvalue weighted by atomic mass is 32.2. The summed E-state index contributed by atoms with van der Waals surface area (Å²) in [5.41, 5.74) is -8.33. The van der Waals surface area contributed by atoms with Gasteiger partial charge in [-0.1, -0.05) is 0 Å². The van der Waals surface area contributed by atoms with Crippen LogP contribution in [-0.4, -0.2) is 51.8 Å². The van der Waals surface area contributed by atoms with Crippen LogP contribution in [0.3, 0.4) is 0 Å². The third kappa shape index (κ3) is 5.78. The first-order chi connectivity index (χ1) is 18.5. The summed E-state index contributed by atoms with van der Waals surface area (Å²) in [5, 5.41) is 3.55. The Morgan fingerprint density at radius 2 is 1.90 bits per heavy atom. The number of halogens is 6. The number of carbonyl (C=O) groups excluding carboxylic acids is 1. The molecule has 0 aliphatic carbocycles. The Balaban J connectivity index is 1.88. The average Bonchev–Trinajstić information content (AvgIpc) is 3.42. The van der Waals surface area contributed by atoms with Gasteiger partial charge >= 0.3 is 21.7 Å². The summed E-state index contributed by atoms with van der Waals surface area (Å²) in [5.74, 6) is -3.80. The highest BCUT2D eigenvalue weighted by molar-refractivity contribution is 7.88. The smallest absolute Gasteiger partial charge is 0.455 e. The van der Waals surface area contributed by atoms with E-state index in [1.807, 2.05) is 0 Å². The first kappa shape index (κ1) is 29.0. The second-order valence-electron chi connectivity index (χ2n) is 9.42. The fourth-order valence-corrected chi connectivity index (χ4v) is 4.15. The summed E-state index contributed by atoms with van der Waals surface area (Å²) >= 11 is 0. The SMILES string of the molecule is CC(C)(C)OC(=O)N1CCn2nc(-c3nc(OS(=O)(=O)C(F)(F)F)c4occ(F)c4c3C=C(F)/C=C/F)cc2C1. The molecule has 4 rings (SSSR count). The van der Waals surface area contributed by atoms with Gasteiger partial charge in [-0.05, 0) is 32.9 Å². The molecule has 10 nitrogen and oxygen atoms in total. The van der Waals surface area contributed by atoms with E-state index in [-0.39, 0.29) is 31.7 Å². The third-order valence-corrected chi connectivity index (χ3v) is 6.29. The largest absolute Gasteiger partial charge is 0.534 e. The van der Waals surface area contributed by atoms with Gasteiger partial charge in [0.2, 0.25) is 5.58 Å². The van der Waals surface area contributed by atoms with Crippen LogP contribution in [0, 0.1) is 5.82 Å². The monoisotopic (exact) mass is 594 g/mol. The Hall–Kier alpha value is -4.02. The molecule has 0 fully saturated rings. The zero-order valence-electron chi connectivity index (χ0n) is 20.9. The summed E-state index contributed by atoms with van der Waals surface area (Å²) in [4.78, 5) is 17.6. The summed E-state index contributed by atoms with van der Waals surface area (Å²) in [6.45, 7) is 5.30. The zero-order chi connectivity index (χ0) is 29.6. The van der Waals surface area contributed by atoms with E-state index in [1.165, 1.54) is 15.6 Å². The minimum absolute atomic E-state index is 0.0276. The number of amides is 1. The molecule has 17 heteroatoms. The van der Waals surface area contributed by atoms with Crippen molar-refractivity contribution in [3.63, 3.8) is 0 Å². The molecule has 0 spiro atoms. The molecule has 40 heavy (non-hydrogen) atoms. The molecule has 0 radical (unpaired) electrons. The molecule has 3 aromatic rings. The maximum atomic E-state index is 14.8. The Kier molecular flexibility index (Phi) is 7.38. The van der Waals surface area contributed by atoms with Crippen LogP contribution < -0.4 is 4.18 Å². The molecule has 0 unspecified atom stereocenters. The van der Waals surface area contributed by atoms with Gasteiger partial charge in [0.25, 0.3) is 5.88 Å². The van der Waals surface area contributed by atoms with Crippen LogP contribution in [0.15, 0.2) is 35.0 Å². The van der Waals surface area contributed by atoms with Gasteiger partial charge < -0.3 is 18.2 Å². The van der Waals surface area contributed by atoms with Crippen molar-refractivity contribution in [1.29, 1.82) is 0 Å². The highest BCUT2D eigenvalue weighted by Gasteiger charge is 2.49. The van der Waals surface area contributed by atoms with E-state index in [4.69, 9.17) is 9.15 Å². The molecule has 0 aromatic carbocycles. The van der Waals surface area contributed by atoms with Crippen LogP contribution in [0.1, 0.15) is 32.0 Å². The lowest BCUT2D eigenvalue weighted by atomic mass is 10.0. The molecular weight excluding hydrogens is 574 g/mol. The first-order valence-corrected chi connectivity index (χ1v) is 12.7. The van der Waals surface area contributed by atoms with Crippen LogP contribution >= 0.6 is 0 Å². The number of hydrogen-bond donors (Lipinski definition) is 0. The van der Waals surface area contributed by atoms with E-state index in [9.17, 15) is 39.6 Å². The van der Waals surface area contributed by atoms with Crippen LogP contribution in [0.5, 0.6) is 5.88 Å². The number of carbonyl (C=O) groups is 1. The number of hydrogen-bond acceptors (Lipinski definition) is 8. The molecule has 1 aliphatic heterocycles. The zero-order valence-corrected chi connectivity index (χ0v) is 21.7. The van der Waals surface area contributed by atoms with Crippen molar-refractivity contribution in [3.8, 4) is 17.3 Å². The highest BCUT2D eigenvalue weighted by Crippen LogP contribution is 2.40. The van der Waals surface area contributed by atoms with Crippen molar-refractivity contribution in [3.05, 3.63) is 47.6 Å². The summed E-state index contributed by atoms with van der Waals surface area (Å²) in [6.07, 6.45) is 0.601. The maximum absolute atomic E-state index is 14.8. The van der Waals surface area contributed by atoms with E-state index in [1.54, 1.807) is 20.8 Å². The number of ether oxygens (including phenoxy) is 1. The van der Waals surface area contributed by atoms with E-state index in [0.717, 1.165) is 0 Å². The Bertz CT molecular complexity index is 1640. The fraction of sp³-hybridized carbons (Fsp3) is 0.348. The topological polar surface area (TPSA) is 117 Å². The number of fused-ring (bicyclic) bond motifs is 2. The lowest BCUT2D eigenvalue weighted by Gasteiger charge is -2.30. The third-order valence-electron chi connectivity index (χ3n) is 5.35. The number of pyridine rings is 1. The van der Waals surface area contributed by atoms with Crippen LogP contribution in [0.25, 0.3) is 28.4 Å². The van der Waals surface area contributed by atoms with Crippen molar-refractivity contribution in [2.45, 2.75) is 45.0 Å². The first-order valence-electron chi connectivity index (χ1n) is 11.3. The molecule has 0 bridgehead atoms. The fourth-order valence-electron chi connectivity index (χ4n) is 3.73. The van der Waals surface area contributed by atoms with Gasteiger partial charge in [-0.15, -0.1) is 0 Å². The van der Waals surface area contributed by atoms with Crippen molar-refractivity contribution in [2.75, 3.05) is 6.54 Å². The lowest BCUT2D eigenvalue weighted by molar-refractivity contribution is -0.0501. The number of rotatable bonds is 5. The molecule has 4 heterocycles. The number of nitrogens with zero attached hydrogens (tertiary/aromatic N) is 4. The van der Waals surface area contributed by atoms with Gasteiger partial charge in [0.15, 0.2) is 5.82 Å². The molecule has 216 valence electrons. The van der Waals surface area contributed by atoms with Gasteiger partial charge in [0.05, 0.1) is 30.5 Å². The minimum Gasteiger partial charge on any atom is -0.455 e. The Morgan fingerprint density at radius 1 is 1.20 bits per heavy atom. The van der Waals surface area contributed by atoms with Crippen molar-refractivity contribution in [1.82, 2.24) is 19.7 Å². The molecule has 0 N–H and O–H groups in total. The molecule has 0 saturated heterocycles. The summed E-state index contributed by atoms with van der Waals surface area (Å²) in [6, 6.07) is 1.32. The number of allylic oxidation sites excluding steroid dienone is 2. The van der Waals surface area contributed by atoms with Gasteiger partial charge in [-0.2, -0.15) is 26.7 Å². The van der Waals surface area contributed by atoms with Gasteiger partial charge in [-0.25, -0.2) is 22.9 Å². The number of aromatic nitrogens is 3. The molecule has 0 saturated carbocycles. The molecule has 3 aromatic heterocycles. The van der Waals surface area contributed by atoms with Crippen LogP contribution in [0.4, 0.5) is 31.1 Å². The second kappa shape index (κ2) is 10.2. The lowest BCUT2D eigenvalue weighted by Crippen LogP contribution is -2.41. The van der Waals surface area contributed by atoms with E-state index < -0.39 is 67.1 Å². The van der Waals surface area contributed by atoms with Crippen molar-refractivity contribution >= 4 is 33.3 Å². The normalized spacial score (nSPS) is 15.1. The molecular formula is C23H20F6N4O6S.